The first-order valence-electron chi connectivity index (χ1n) is 11.2. The van der Waals surface area contributed by atoms with Crippen molar-refractivity contribution in [2.45, 2.75) is 24.8 Å². The van der Waals surface area contributed by atoms with Gasteiger partial charge in [0.05, 0.1) is 24.5 Å². The van der Waals surface area contributed by atoms with E-state index in [9.17, 15) is 4.79 Å². The molecule has 3 aromatic rings. The number of ether oxygens (including phenoxy) is 3. The molecule has 0 radical (unpaired) electrons. The molecule has 3 aromatic carbocycles. The van der Waals surface area contributed by atoms with Crippen molar-refractivity contribution in [1.82, 2.24) is 0 Å². The maximum atomic E-state index is 13.8. The van der Waals surface area contributed by atoms with E-state index in [2.05, 4.69) is 32.6 Å². The van der Waals surface area contributed by atoms with Gasteiger partial charge in [-0.05, 0) is 59.9 Å². The van der Waals surface area contributed by atoms with E-state index in [1.807, 2.05) is 54.6 Å². The molecule has 0 saturated carbocycles. The number of nitrogens with one attached hydrogen (secondary N) is 2. The Labute approximate surface area is 206 Å². The lowest BCUT2D eigenvalue weighted by molar-refractivity contribution is -0.116. The zero-order valence-corrected chi connectivity index (χ0v) is 20.1. The van der Waals surface area contributed by atoms with E-state index in [-0.39, 0.29) is 24.5 Å². The molecule has 0 amide bonds. The number of benzene rings is 3. The number of anilines is 2. The molecule has 172 valence electrons. The van der Waals surface area contributed by atoms with Crippen molar-refractivity contribution in [3.8, 4) is 17.2 Å². The summed E-state index contributed by atoms with van der Waals surface area (Å²) in [6.45, 7) is 0.197. The second-order valence-corrected chi connectivity index (χ2v) is 9.53. The number of hydrogen-bond donors (Lipinski definition) is 2. The fourth-order valence-electron chi connectivity index (χ4n) is 5.01. The summed E-state index contributed by atoms with van der Waals surface area (Å²) in [4.78, 5) is 13.8. The molecule has 34 heavy (non-hydrogen) atoms. The van der Waals surface area contributed by atoms with Gasteiger partial charge in [0, 0.05) is 22.2 Å². The van der Waals surface area contributed by atoms with Crippen molar-refractivity contribution in [2.24, 2.45) is 0 Å². The fraction of sp³-hybridized carbons (Fsp3) is 0.222. The molecule has 2 atom stereocenters. The van der Waals surface area contributed by atoms with Gasteiger partial charge < -0.3 is 24.8 Å². The van der Waals surface area contributed by atoms with Gasteiger partial charge in [0.25, 0.3) is 0 Å². The molecule has 0 unspecified atom stereocenters. The molecule has 1 aliphatic carbocycles. The van der Waals surface area contributed by atoms with Crippen molar-refractivity contribution in [3.63, 3.8) is 0 Å². The molecule has 0 spiro atoms. The minimum atomic E-state index is -0.339. The molecule has 2 heterocycles. The summed E-state index contributed by atoms with van der Waals surface area (Å²) < 4.78 is 17.5. The first-order valence-corrected chi connectivity index (χ1v) is 12.0. The number of fused-ring (bicyclic) bond motifs is 2. The topological polar surface area (TPSA) is 68.8 Å². The maximum Gasteiger partial charge on any atom is 0.231 e. The summed E-state index contributed by atoms with van der Waals surface area (Å²) in [6.07, 6.45) is 1.16. The Bertz CT molecular complexity index is 1340. The third-order valence-corrected chi connectivity index (χ3v) is 7.36. The van der Waals surface area contributed by atoms with Crippen LogP contribution >= 0.6 is 15.9 Å². The summed E-state index contributed by atoms with van der Waals surface area (Å²) in [5, 5.41) is 7.21. The second-order valence-electron chi connectivity index (χ2n) is 8.67. The van der Waals surface area contributed by atoms with Crippen LogP contribution in [0.5, 0.6) is 17.2 Å². The summed E-state index contributed by atoms with van der Waals surface area (Å²) in [7, 11) is 1.66. The van der Waals surface area contributed by atoms with Gasteiger partial charge in [0.1, 0.15) is 5.75 Å². The van der Waals surface area contributed by atoms with Crippen molar-refractivity contribution in [2.75, 3.05) is 24.5 Å². The molecule has 0 bridgehead atoms. The van der Waals surface area contributed by atoms with Crippen molar-refractivity contribution >= 4 is 33.1 Å². The molecule has 0 fully saturated rings. The van der Waals surface area contributed by atoms with E-state index in [1.54, 1.807) is 7.11 Å². The number of allylic oxidation sites excluding steroid dienone is 1. The van der Waals surface area contributed by atoms with E-state index in [0.29, 0.717) is 17.9 Å². The Balaban J connectivity index is 1.47. The van der Waals surface area contributed by atoms with Crippen LogP contribution in [0.25, 0.3) is 0 Å². The summed E-state index contributed by atoms with van der Waals surface area (Å²) in [5.74, 6) is 2.37. The largest absolute Gasteiger partial charge is 0.497 e. The molecule has 0 saturated heterocycles. The van der Waals surface area contributed by atoms with Gasteiger partial charge in [-0.1, -0.05) is 40.2 Å². The maximum absolute atomic E-state index is 13.8. The Hall–Kier alpha value is -3.45. The van der Waals surface area contributed by atoms with Gasteiger partial charge in [-0.25, -0.2) is 0 Å². The van der Waals surface area contributed by atoms with Crippen LogP contribution in [-0.4, -0.2) is 19.7 Å². The van der Waals surface area contributed by atoms with Gasteiger partial charge >= 0.3 is 0 Å². The predicted octanol–water partition coefficient (Wildman–Crippen LogP) is 6.17. The number of Topliss-reactive ketones (excluding diaryl/α,β-unsaturated/α-hetero) is 1. The van der Waals surface area contributed by atoms with Crippen LogP contribution in [0.1, 0.15) is 35.9 Å². The number of halogens is 1. The highest BCUT2D eigenvalue weighted by molar-refractivity contribution is 9.10. The highest BCUT2D eigenvalue weighted by atomic mass is 79.9. The zero-order chi connectivity index (χ0) is 23.2. The zero-order valence-electron chi connectivity index (χ0n) is 18.6. The number of carbonyl (C=O) groups excluding carboxylic acids is 1. The monoisotopic (exact) mass is 518 g/mol. The predicted molar refractivity (Wildman–Crippen MR) is 134 cm³/mol. The highest BCUT2D eigenvalue weighted by Crippen LogP contribution is 2.48. The average molecular weight is 519 g/mol. The third-order valence-electron chi connectivity index (χ3n) is 6.68. The van der Waals surface area contributed by atoms with E-state index in [0.717, 1.165) is 50.4 Å². The smallest absolute Gasteiger partial charge is 0.231 e. The van der Waals surface area contributed by atoms with Crippen LogP contribution in [0.15, 0.2) is 76.4 Å². The number of methoxy groups -OCH3 is 1. The van der Waals surface area contributed by atoms with Crippen molar-refractivity contribution in [3.05, 3.63) is 87.5 Å². The lowest BCUT2D eigenvalue weighted by Gasteiger charge is -2.30. The molecular formula is C27H23BrN2O4. The number of ketones is 1. The second kappa shape index (κ2) is 8.40. The Morgan fingerprint density at radius 2 is 1.76 bits per heavy atom. The van der Waals surface area contributed by atoms with Crippen LogP contribution < -0.4 is 24.8 Å². The van der Waals surface area contributed by atoms with Crippen LogP contribution in [-0.2, 0) is 4.79 Å². The molecule has 3 aliphatic rings. The average Bonchev–Trinajstić information content (AvgIpc) is 3.23. The molecule has 2 N–H and O–H groups in total. The van der Waals surface area contributed by atoms with E-state index >= 15 is 0 Å². The Morgan fingerprint density at radius 3 is 2.59 bits per heavy atom. The van der Waals surface area contributed by atoms with Crippen molar-refractivity contribution < 1.29 is 19.0 Å². The first-order chi connectivity index (χ1) is 16.6. The van der Waals surface area contributed by atoms with Gasteiger partial charge in [-0.2, -0.15) is 0 Å². The Morgan fingerprint density at radius 1 is 0.971 bits per heavy atom. The summed E-state index contributed by atoms with van der Waals surface area (Å²) in [5.41, 5.74) is 5.63. The molecule has 7 heteroatoms. The number of para-hydroxylation sites is 2. The first kappa shape index (κ1) is 21.1. The normalized spacial score (nSPS) is 20.6. The van der Waals surface area contributed by atoms with Gasteiger partial charge in [0.2, 0.25) is 6.79 Å². The minimum Gasteiger partial charge on any atom is -0.497 e. The van der Waals surface area contributed by atoms with Gasteiger partial charge in [-0.15, -0.1) is 0 Å². The van der Waals surface area contributed by atoms with Crippen LogP contribution in [0.3, 0.4) is 0 Å². The van der Waals surface area contributed by atoms with Crippen LogP contribution in [0.4, 0.5) is 11.4 Å². The van der Waals surface area contributed by atoms with E-state index in [1.165, 1.54) is 0 Å². The molecular weight excluding hydrogens is 496 g/mol. The van der Waals surface area contributed by atoms with Gasteiger partial charge in [0.15, 0.2) is 17.3 Å². The van der Waals surface area contributed by atoms with Crippen molar-refractivity contribution in [1.29, 1.82) is 0 Å². The van der Waals surface area contributed by atoms with Crippen LogP contribution in [0.2, 0.25) is 0 Å². The molecule has 6 nitrogen and oxygen atoms in total. The minimum absolute atomic E-state index is 0.0694. The van der Waals surface area contributed by atoms with E-state index < -0.39 is 0 Å². The van der Waals surface area contributed by atoms with E-state index in [4.69, 9.17) is 14.2 Å². The SMILES string of the molecule is COc1cccc([C@@H]2CC(=O)C3=C(C2)Nc2ccccc2N[C@H]3c2cc3c(cc2Br)OCO3)c1. The quantitative estimate of drug-likeness (QED) is 0.432. The number of carbonyl (C=O) groups is 1. The Kier molecular flexibility index (Phi) is 5.21. The number of hydrogen-bond acceptors (Lipinski definition) is 6. The lowest BCUT2D eigenvalue weighted by atomic mass is 9.78. The summed E-state index contributed by atoms with van der Waals surface area (Å²) in [6, 6.07) is 19.6. The molecule has 0 aromatic heterocycles. The highest BCUT2D eigenvalue weighted by Gasteiger charge is 2.37. The van der Waals surface area contributed by atoms with Crippen LogP contribution in [0, 0.1) is 0 Å². The third kappa shape index (κ3) is 3.60. The summed E-state index contributed by atoms with van der Waals surface area (Å²) >= 11 is 3.71. The molecule has 6 rings (SSSR count). The van der Waals surface area contributed by atoms with Gasteiger partial charge in [-0.3, -0.25) is 4.79 Å². The fourth-order valence-corrected chi connectivity index (χ4v) is 5.56. The molecule has 2 aliphatic heterocycles. The standard InChI is InChI=1S/C27H23BrN2O4/c1-32-17-6-4-5-15(9-17)16-10-22-26(23(31)11-16)27(30-21-8-3-2-7-20(21)29-22)18-12-24-25(13-19(18)28)34-14-33-24/h2-9,12-13,16,27,29-30H,10-11,14H2,1H3/t16-,27-/m0/s1. The number of rotatable bonds is 3. The lowest BCUT2D eigenvalue weighted by Crippen LogP contribution is -2.27.